The molecule has 27 heavy (non-hydrogen) atoms. The van der Waals surface area contributed by atoms with Crippen LogP contribution < -0.4 is 10.6 Å². The number of nitrogens with one attached hydrogen (secondary N) is 2. The first-order valence-corrected chi connectivity index (χ1v) is 12.3. The molecule has 0 atom stereocenters. The van der Waals surface area contributed by atoms with Gasteiger partial charge in [0.05, 0.1) is 11.4 Å². The second kappa shape index (κ2) is 10.9. The van der Waals surface area contributed by atoms with E-state index in [4.69, 9.17) is 0 Å². The topological polar surface area (TPSA) is 58.2 Å². The van der Waals surface area contributed by atoms with Crippen LogP contribution in [0.1, 0.15) is 19.3 Å². The fourth-order valence-electron chi connectivity index (χ4n) is 2.14. The first-order chi connectivity index (χ1) is 12.7. The molecular formula is C17H12Br6N2O2. The van der Waals surface area contributed by atoms with Crippen LogP contribution in [-0.4, -0.2) is 11.8 Å². The average molecular weight is 756 g/mol. The van der Waals surface area contributed by atoms with Gasteiger partial charge in [-0.15, -0.1) is 0 Å². The largest absolute Gasteiger partial charge is 0.324 e. The lowest BCUT2D eigenvalue weighted by molar-refractivity contribution is -0.117. The van der Waals surface area contributed by atoms with Crippen LogP contribution >= 0.6 is 95.6 Å². The van der Waals surface area contributed by atoms with Crippen molar-refractivity contribution >= 4 is 119 Å². The van der Waals surface area contributed by atoms with Crippen molar-refractivity contribution in [3.8, 4) is 0 Å². The minimum Gasteiger partial charge on any atom is -0.324 e. The highest BCUT2D eigenvalue weighted by atomic mass is 79.9. The van der Waals surface area contributed by atoms with Crippen molar-refractivity contribution in [3.05, 3.63) is 51.1 Å². The molecule has 2 aromatic carbocycles. The van der Waals surface area contributed by atoms with E-state index in [1.165, 1.54) is 0 Å². The van der Waals surface area contributed by atoms with Crippen LogP contribution in [0.15, 0.2) is 51.1 Å². The van der Waals surface area contributed by atoms with Gasteiger partial charge in [-0.2, -0.15) is 0 Å². The van der Waals surface area contributed by atoms with Crippen LogP contribution in [0, 0.1) is 0 Å². The molecule has 2 N–H and O–H groups in total. The molecule has 0 saturated carbocycles. The maximum Gasteiger partial charge on any atom is 0.224 e. The van der Waals surface area contributed by atoms with Crippen molar-refractivity contribution in [2.45, 2.75) is 19.3 Å². The summed E-state index contributed by atoms with van der Waals surface area (Å²) in [5, 5.41) is 5.70. The molecule has 2 rings (SSSR count). The van der Waals surface area contributed by atoms with Crippen molar-refractivity contribution in [1.82, 2.24) is 0 Å². The molecule has 144 valence electrons. The number of hydrogen-bond acceptors (Lipinski definition) is 2. The Bertz CT molecular complexity index is 770. The number of hydrogen-bond donors (Lipinski definition) is 2. The van der Waals surface area contributed by atoms with Gasteiger partial charge in [-0.1, -0.05) is 31.9 Å². The third-order valence-corrected chi connectivity index (χ3v) is 6.77. The van der Waals surface area contributed by atoms with Crippen molar-refractivity contribution < 1.29 is 9.59 Å². The van der Waals surface area contributed by atoms with Crippen molar-refractivity contribution in [2.75, 3.05) is 10.6 Å². The number of rotatable bonds is 6. The van der Waals surface area contributed by atoms with E-state index in [2.05, 4.69) is 106 Å². The number of amides is 2. The molecule has 2 amide bonds. The lowest BCUT2D eigenvalue weighted by Gasteiger charge is -2.11. The standard InChI is InChI=1S/C17H12Br6N2O2/c18-8-4-10(20)16(11(21)5-8)24-14(26)2-1-3-15(27)25-17-12(22)6-9(19)7-13(17)23/h4-7H,1-3H2,(H,24,26)(H,25,27). The van der Waals surface area contributed by atoms with Gasteiger partial charge in [0, 0.05) is 39.7 Å². The monoisotopic (exact) mass is 750 g/mol. The zero-order valence-electron chi connectivity index (χ0n) is 13.5. The van der Waals surface area contributed by atoms with Crippen molar-refractivity contribution in [3.63, 3.8) is 0 Å². The van der Waals surface area contributed by atoms with Gasteiger partial charge in [-0.3, -0.25) is 9.59 Å². The van der Waals surface area contributed by atoms with Crippen molar-refractivity contribution in [1.29, 1.82) is 0 Å². The Kier molecular flexibility index (Phi) is 9.48. The van der Waals surface area contributed by atoms with Gasteiger partial charge < -0.3 is 10.6 Å². The molecule has 0 aliphatic rings. The molecule has 4 nitrogen and oxygen atoms in total. The molecule has 0 aliphatic heterocycles. The zero-order valence-corrected chi connectivity index (χ0v) is 23.0. The van der Waals surface area contributed by atoms with Gasteiger partial charge in [0.2, 0.25) is 11.8 Å². The second-order valence-corrected chi connectivity index (χ2v) is 10.7. The summed E-state index contributed by atoms with van der Waals surface area (Å²) in [6, 6.07) is 7.40. The number of carbonyl (C=O) groups excluding carboxylic acids is 2. The molecule has 0 heterocycles. The van der Waals surface area contributed by atoms with E-state index < -0.39 is 0 Å². The molecule has 0 saturated heterocycles. The highest BCUT2D eigenvalue weighted by Crippen LogP contribution is 2.35. The van der Waals surface area contributed by atoms with Gasteiger partial charge in [0.15, 0.2) is 0 Å². The third-order valence-electron chi connectivity index (χ3n) is 3.35. The normalized spacial score (nSPS) is 10.6. The SMILES string of the molecule is O=C(CCCC(=O)Nc1c(Br)cc(Br)cc1Br)Nc1c(Br)cc(Br)cc1Br. The Morgan fingerprint density at radius 1 is 0.630 bits per heavy atom. The highest BCUT2D eigenvalue weighted by molar-refractivity contribution is 9.12. The minimum atomic E-state index is -0.155. The maximum atomic E-state index is 12.2. The minimum absolute atomic E-state index is 0.155. The van der Waals surface area contributed by atoms with E-state index in [1.54, 1.807) is 0 Å². The van der Waals surface area contributed by atoms with Crippen LogP contribution in [0.2, 0.25) is 0 Å². The van der Waals surface area contributed by atoms with E-state index >= 15 is 0 Å². The fourth-order valence-corrected chi connectivity index (χ4v) is 7.05. The molecular weight excluding hydrogens is 744 g/mol. The summed E-state index contributed by atoms with van der Waals surface area (Å²) in [6.07, 6.45) is 0.922. The molecule has 0 spiro atoms. The molecule has 0 unspecified atom stereocenters. The van der Waals surface area contributed by atoms with E-state index in [1.807, 2.05) is 24.3 Å². The molecule has 0 aromatic heterocycles. The van der Waals surface area contributed by atoms with Gasteiger partial charge in [0.25, 0.3) is 0 Å². The second-order valence-electron chi connectivity index (χ2n) is 5.44. The third kappa shape index (κ3) is 7.22. The van der Waals surface area contributed by atoms with Crippen LogP contribution in [0.3, 0.4) is 0 Å². The number of benzene rings is 2. The smallest absolute Gasteiger partial charge is 0.224 e. The molecule has 10 heteroatoms. The van der Waals surface area contributed by atoms with Gasteiger partial charge in [-0.25, -0.2) is 0 Å². The van der Waals surface area contributed by atoms with Crippen LogP contribution in [0.4, 0.5) is 11.4 Å². The summed E-state index contributed by atoms with van der Waals surface area (Å²) in [5.74, 6) is -0.310. The molecule has 0 fully saturated rings. The first kappa shape index (κ1) is 23.5. The summed E-state index contributed by atoms with van der Waals surface area (Å²) < 4.78 is 4.83. The zero-order chi connectivity index (χ0) is 20.1. The summed E-state index contributed by atoms with van der Waals surface area (Å²) in [5.41, 5.74) is 1.32. The van der Waals surface area contributed by atoms with Crippen LogP contribution in [-0.2, 0) is 9.59 Å². The van der Waals surface area contributed by atoms with E-state index in [0.717, 1.165) is 26.8 Å². The Morgan fingerprint density at radius 2 is 0.926 bits per heavy atom. The summed E-state index contributed by atoms with van der Waals surface area (Å²) in [6.45, 7) is 0. The van der Waals surface area contributed by atoms with Gasteiger partial charge in [0.1, 0.15) is 0 Å². The van der Waals surface area contributed by atoms with Crippen LogP contribution in [0.5, 0.6) is 0 Å². The lowest BCUT2D eigenvalue weighted by atomic mass is 10.2. The van der Waals surface area contributed by atoms with Crippen LogP contribution in [0.25, 0.3) is 0 Å². The Labute approximate surface area is 207 Å². The predicted octanol–water partition coefficient (Wildman–Crippen LogP) is 8.01. The summed E-state index contributed by atoms with van der Waals surface area (Å²) in [4.78, 5) is 24.3. The van der Waals surface area contributed by atoms with Gasteiger partial charge >= 0.3 is 0 Å². The van der Waals surface area contributed by atoms with Crippen molar-refractivity contribution in [2.24, 2.45) is 0 Å². The van der Waals surface area contributed by atoms with E-state index in [-0.39, 0.29) is 24.7 Å². The first-order valence-electron chi connectivity index (χ1n) is 7.56. The predicted molar refractivity (Wildman–Crippen MR) is 130 cm³/mol. The molecule has 0 bridgehead atoms. The molecule has 0 radical (unpaired) electrons. The van der Waals surface area contributed by atoms with E-state index in [9.17, 15) is 9.59 Å². The molecule has 2 aromatic rings. The summed E-state index contributed by atoms with van der Waals surface area (Å²) in [7, 11) is 0. The van der Waals surface area contributed by atoms with E-state index in [0.29, 0.717) is 17.8 Å². The highest BCUT2D eigenvalue weighted by Gasteiger charge is 2.13. The average Bonchev–Trinajstić information content (AvgIpc) is 2.54. The number of anilines is 2. The maximum absolute atomic E-state index is 12.2. The quantitative estimate of drug-likeness (QED) is 0.314. The Morgan fingerprint density at radius 3 is 1.22 bits per heavy atom. The summed E-state index contributed by atoms with van der Waals surface area (Å²) >= 11 is 20.5. The lowest BCUT2D eigenvalue weighted by Crippen LogP contribution is -2.15. The Hall–Kier alpha value is 0.260. The Balaban J connectivity index is 1.86. The fraction of sp³-hybridized carbons (Fsp3) is 0.176. The molecule has 0 aliphatic carbocycles. The number of carbonyl (C=O) groups is 2. The van der Waals surface area contributed by atoms with Gasteiger partial charge in [-0.05, 0) is 94.4 Å². The number of halogens is 6.